The van der Waals surface area contributed by atoms with E-state index in [1.165, 1.54) is 0 Å². The molecule has 0 bridgehead atoms. The van der Waals surface area contributed by atoms with E-state index in [1.54, 1.807) is 0 Å². The Labute approximate surface area is 126 Å². The molecule has 0 spiro atoms. The van der Waals surface area contributed by atoms with Crippen LogP contribution in [0.25, 0.3) is 0 Å². The zero-order valence-electron chi connectivity index (χ0n) is 12.9. The van der Waals surface area contributed by atoms with E-state index in [9.17, 15) is 4.79 Å². The maximum atomic E-state index is 11.9. The lowest BCUT2D eigenvalue weighted by molar-refractivity contribution is 0.132. The summed E-state index contributed by atoms with van der Waals surface area (Å²) in [5.41, 5.74) is 1.00. The fourth-order valence-corrected chi connectivity index (χ4v) is 2.55. The fraction of sp³-hybridized carbons (Fsp3) is 0.562. The van der Waals surface area contributed by atoms with Gasteiger partial charge in [-0.05, 0) is 19.2 Å². The Balaban J connectivity index is 1.80. The van der Waals surface area contributed by atoms with Crippen molar-refractivity contribution in [1.82, 2.24) is 15.1 Å². The summed E-state index contributed by atoms with van der Waals surface area (Å²) in [5, 5.41) is 2.98. The lowest BCUT2D eigenvalue weighted by Gasteiger charge is -2.23. The average molecular weight is 291 g/mol. The first kappa shape index (κ1) is 15.8. The third-order valence-electron chi connectivity index (χ3n) is 3.79. The molecule has 5 nitrogen and oxygen atoms in total. The van der Waals surface area contributed by atoms with Crippen LogP contribution < -0.4 is 5.32 Å². The molecule has 116 valence electrons. The Morgan fingerprint density at radius 3 is 2.76 bits per heavy atom. The van der Waals surface area contributed by atoms with Crippen LogP contribution >= 0.6 is 0 Å². The molecule has 1 heterocycles. The number of hydrogen-bond acceptors (Lipinski definition) is 4. The van der Waals surface area contributed by atoms with Crippen molar-refractivity contribution < 1.29 is 9.53 Å². The van der Waals surface area contributed by atoms with Gasteiger partial charge < -0.3 is 19.9 Å². The summed E-state index contributed by atoms with van der Waals surface area (Å²) in [4.78, 5) is 16.5. The van der Waals surface area contributed by atoms with Gasteiger partial charge in [0.2, 0.25) is 0 Å². The van der Waals surface area contributed by atoms with E-state index in [0.29, 0.717) is 6.61 Å². The van der Waals surface area contributed by atoms with Crippen LogP contribution in [0.5, 0.6) is 0 Å². The van der Waals surface area contributed by atoms with Crippen molar-refractivity contribution in [3.05, 3.63) is 35.9 Å². The summed E-state index contributed by atoms with van der Waals surface area (Å²) in [6.45, 7) is 7.28. The summed E-state index contributed by atoms with van der Waals surface area (Å²) in [7, 11) is 2.09. The van der Waals surface area contributed by atoms with Crippen LogP contribution in [0.15, 0.2) is 30.3 Å². The van der Waals surface area contributed by atoms with Crippen LogP contribution in [-0.2, 0) is 11.3 Å². The molecule has 1 amide bonds. The first-order chi connectivity index (χ1) is 10.2. The van der Waals surface area contributed by atoms with E-state index >= 15 is 0 Å². The van der Waals surface area contributed by atoms with Crippen molar-refractivity contribution in [3.63, 3.8) is 0 Å². The molecule has 1 aliphatic heterocycles. The summed E-state index contributed by atoms with van der Waals surface area (Å²) in [6, 6.07) is 9.84. The molecule has 0 radical (unpaired) electrons. The van der Waals surface area contributed by atoms with Gasteiger partial charge in [0, 0.05) is 26.2 Å². The largest absolute Gasteiger partial charge is 0.445 e. The normalized spacial score (nSPS) is 20.8. The predicted octanol–water partition coefficient (Wildman–Crippen LogP) is 1.55. The Kier molecular flexibility index (Phi) is 6.02. The second-order valence-electron chi connectivity index (χ2n) is 5.56. The van der Waals surface area contributed by atoms with Crippen LogP contribution in [0.3, 0.4) is 0 Å². The molecule has 1 fully saturated rings. The molecule has 1 aliphatic rings. The Morgan fingerprint density at radius 1 is 1.29 bits per heavy atom. The van der Waals surface area contributed by atoms with Crippen LogP contribution in [0.4, 0.5) is 4.79 Å². The van der Waals surface area contributed by atoms with Gasteiger partial charge in [0.05, 0.1) is 6.04 Å². The van der Waals surface area contributed by atoms with Crippen molar-refractivity contribution >= 4 is 6.09 Å². The number of carbonyl (C=O) groups excluding carboxylic acids is 1. The standard InChI is InChI=1S/C16H25N3O2/c1-3-19-10-9-18(2)11-15(12-19)17-16(20)21-13-14-7-5-4-6-8-14/h4-8,15H,3,9-13H2,1-2H3,(H,17,20). The quantitative estimate of drug-likeness (QED) is 0.914. The van der Waals surface area contributed by atoms with Crippen LogP contribution in [0, 0.1) is 0 Å². The molecule has 0 aromatic heterocycles. The van der Waals surface area contributed by atoms with Gasteiger partial charge in [-0.2, -0.15) is 0 Å². The number of likely N-dealkylation sites (N-methyl/N-ethyl adjacent to an activating group) is 2. The molecule has 1 saturated heterocycles. The second kappa shape index (κ2) is 8.00. The minimum absolute atomic E-state index is 0.112. The van der Waals surface area contributed by atoms with Gasteiger partial charge >= 0.3 is 6.09 Å². The van der Waals surface area contributed by atoms with Gasteiger partial charge in [0.1, 0.15) is 6.61 Å². The number of nitrogens with one attached hydrogen (secondary N) is 1. The maximum Gasteiger partial charge on any atom is 0.407 e. The van der Waals surface area contributed by atoms with E-state index in [4.69, 9.17) is 4.74 Å². The van der Waals surface area contributed by atoms with Crippen LogP contribution in [0.1, 0.15) is 12.5 Å². The molecule has 5 heteroatoms. The molecular weight excluding hydrogens is 266 g/mol. The van der Waals surface area contributed by atoms with E-state index in [0.717, 1.165) is 38.3 Å². The van der Waals surface area contributed by atoms with Gasteiger partial charge in [-0.25, -0.2) is 4.79 Å². The number of amides is 1. The first-order valence-corrected chi connectivity index (χ1v) is 7.55. The van der Waals surface area contributed by atoms with Crippen LogP contribution in [0.2, 0.25) is 0 Å². The first-order valence-electron chi connectivity index (χ1n) is 7.55. The molecule has 21 heavy (non-hydrogen) atoms. The Morgan fingerprint density at radius 2 is 2.05 bits per heavy atom. The topological polar surface area (TPSA) is 44.8 Å². The summed E-state index contributed by atoms with van der Waals surface area (Å²) in [5.74, 6) is 0. The number of alkyl carbamates (subject to hydrolysis) is 1. The van der Waals surface area contributed by atoms with Crippen molar-refractivity contribution in [3.8, 4) is 0 Å². The highest BCUT2D eigenvalue weighted by Gasteiger charge is 2.21. The molecule has 1 atom stereocenters. The third-order valence-corrected chi connectivity index (χ3v) is 3.79. The lowest BCUT2D eigenvalue weighted by atomic mass is 10.2. The van der Waals surface area contributed by atoms with Crippen molar-refractivity contribution in [2.75, 3.05) is 39.8 Å². The summed E-state index contributed by atoms with van der Waals surface area (Å²) >= 11 is 0. The highest BCUT2D eigenvalue weighted by atomic mass is 16.5. The molecule has 2 rings (SSSR count). The SMILES string of the molecule is CCN1CCN(C)CC(NC(=O)OCc2ccccc2)C1. The number of hydrogen-bond donors (Lipinski definition) is 1. The minimum Gasteiger partial charge on any atom is -0.445 e. The van der Waals surface area contributed by atoms with E-state index < -0.39 is 0 Å². The second-order valence-corrected chi connectivity index (χ2v) is 5.56. The van der Waals surface area contributed by atoms with Gasteiger partial charge in [-0.1, -0.05) is 37.3 Å². The molecule has 1 aromatic carbocycles. The zero-order valence-corrected chi connectivity index (χ0v) is 12.9. The number of ether oxygens (including phenoxy) is 1. The van der Waals surface area contributed by atoms with E-state index in [2.05, 4.69) is 29.1 Å². The average Bonchev–Trinajstić information content (AvgIpc) is 2.67. The van der Waals surface area contributed by atoms with Crippen molar-refractivity contribution in [1.29, 1.82) is 0 Å². The molecular formula is C16H25N3O2. The van der Waals surface area contributed by atoms with Gasteiger partial charge in [-0.3, -0.25) is 0 Å². The highest BCUT2D eigenvalue weighted by molar-refractivity contribution is 5.67. The summed E-state index contributed by atoms with van der Waals surface area (Å²) < 4.78 is 5.29. The molecule has 1 unspecified atom stereocenters. The number of rotatable bonds is 4. The van der Waals surface area contributed by atoms with Gasteiger partial charge in [0.25, 0.3) is 0 Å². The Bertz CT molecular complexity index is 438. The fourth-order valence-electron chi connectivity index (χ4n) is 2.55. The Hall–Kier alpha value is -1.59. The van der Waals surface area contributed by atoms with E-state index in [-0.39, 0.29) is 12.1 Å². The monoisotopic (exact) mass is 291 g/mol. The smallest absolute Gasteiger partial charge is 0.407 e. The van der Waals surface area contributed by atoms with E-state index in [1.807, 2.05) is 30.3 Å². The third kappa shape index (κ3) is 5.36. The zero-order chi connectivity index (χ0) is 15.1. The number of benzene rings is 1. The van der Waals surface area contributed by atoms with Gasteiger partial charge in [-0.15, -0.1) is 0 Å². The lowest BCUT2D eigenvalue weighted by Crippen LogP contribution is -2.46. The number of carbonyl (C=O) groups is 1. The maximum absolute atomic E-state index is 11.9. The van der Waals surface area contributed by atoms with Crippen LogP contribution in [-0.4, -0.2) is 61.7 Å². The highest BCUT2D eigenvalue weighted by Crippen LogP contribution is 2.04. The van der Waals surface area contributed by atoms with Crippen molar-refractivity contribution in [2.45, 2.75) is 19.6 Å². The van der Waals surface area contributed by atoms with Crippen molar-refractivity contribution in [2.24, 2.45) is 0 Å². The molecule has 0 saturated carbocycles. The van der Waals surface area contributed by atoms with Gasteiger partial charge in [0.15, 0.2) is 0 Å². The molecule has 1 N–H and O–H groups in total. The minimum atomic E-state index is -0.338. The molecule has 1 aromatic rings. The predicted molar refractivity (Wildman–Crippen MR) is 83.2 cm³/mol. The molecule has 0 aliphatic carbocycles. The number of nitrogens with zero attached hydrogens (tertiary/aromatic N) is 2. The summed E-state index contributed by atoms with van der Waals surface area (Å²) in [6.07, 6.45) is -0.338.